The summed E-state index contributed by atoms with van der Waals surface area (Å²) in [5, 5.41) is 6.51. The highest BCUT2D eigenvalue weighted by atomic mass is 16.5. The second kappa shape index (κ2) is 9.61. The minimum atomic E-state index is -0.611. The van der Waals surface area contributed by atoms with Gasteiger partial charge in [-0.3, -0.25) is 4.79 Å². The summed E-state index contributed by atoms with van der Waals surface area (Å²) in [5.74, 6) is 0.668. The summed E-state index contributed by atoms with van der Waals surface area (Å²) in [7, 11) is 3.14. The first kappa shape index (κ1) is 20.3. The van der Waals surface area contributed by atoms with Crippen molar-refractivity contribution in [2.45, 2.75) is 26.7 Å². The van der Waals surface area contributed by atoms with Crippen LogP contribution in [0.4, 0.5) is 0 Å². The standard InChI is InChI=1S/C19H24N2O6/c1-5-14-18(12(2)27-21-14)19(23)26-11-17(22)20-9-8-13-6-7-15(24-3)16(10-13)25-4/h6-7,10H,5,8-9,11H2,1-4H3,(H,20,22). The summed E-state index contributed by atoms with van der Waals surface area (Å²) in [6.07, 6.45) is 1.14. The number of aromatic nitrogens is 1. The predicted octanol–water partition coefficient (Wildman–Crippen LogP) is 2.08. The molecule has 0 aliphatic rings. The highest BCUT2D eigenvalue weighted by Gasteiger charge is 2.21. The van der Waals surface area contributed by atoms with Crippen LogP contribution in [-0.2, 0) is 22.4 Å². The number of nitrogens with zero attached hydrogens (tertiary/aromatic N) is 1. The van der Waals surface area contributed by atoms with Crippen molar-refractivity contribution in [3.05, 3.63) is 40.8 Å². The number of hydrogen-bond acceptors (Lipinski definition) is 7. The van der Waals surface area contributed by atoms with Gasteiger partial charge in [-0.1, -0.05) is 18.1 Å². The van der Waals surface area contributed by atoms with Crippen molar-refractivity contribution in [1.29, 1.82) is 0 Å². The van der Waals surface area contributed by atoms with E-state index in [9.17, 15) is 9.59 Å². The van der Waals surface area contributed by atoms with Gasteiger partial charge in [0.15, 0.2) is 18.1 Å². The minimum absolute atomic E-state index is 0.288. The molecule has 27 heavy (non-hydrogen) atoms. The fourth-order valence-electron chi connectivity index (χ4n) is 2.56. The molecular weight excluding hydrogens is 352 g/mol. The molecule has 8 nitrogen and oxygen atoms in total. The van der Waals surface area contributed by atoms with Crippen LogP contribution in [0.1, 0.15) is 34.3 Å². The third-order valence-corrected chi connectivity index (χ3v) is 3.99. The predicted molar refractivity (Wildman–Crippen MR) is 97.2 cm³/mol. The van der Waals surface area contributed by atoms with Crippen molar-refractivity contribution in [3.63, 3.8) is 0 Å². The Morgan fingerprint density at radius 1 is 1.19 bits per heavy atom. The van der Waals surface area contributed by atoms with Crippen molar-refractivity contribution in [2.75, 3.05) is 27.4 Å². The lowest BCUT2D eigenvalue weighted by atomic mass is 10.1. The molecule has 0 radical (unpaired) electrons. The summed E-state index contributed by atoms with van der Waals surface area (Å²) in [6.45, 7) is 3.53. The molecule has 0 bridgehead atoms. The van der Waals surface area contributed by atoms with E-state index in [-0.39, 0.29) is 18.1 Å². The van der Waals surface area contributed by atoms with Gasteiger partial charge in [-0.25, -0.2) is 4.79 Å². The Kier molecular flexibility index (Phi) is 7.22. The highest BCUT2D eigenvalue weighted by molar-refractivity contribution is 5.93. The third-order valence-electron chi connectivity index (χ3n) is 3.99. The molecule has 1 N–H and O–H groups in total. The molecule has 0 saturated heterocycles. The molecule has 0 aliphatic carbocycles. The van der Waals surface area contributed by atoms with Gasteiger partial charge in [0.1, 0.15) is 11.3 Å². The van der Waals surface area contributed by atoms with Gasteiger partial charge in [-0.05, 0) is 37.5 Å². The van der Waals surface area contributed by atoms with Crippen LogP contribution in [0.25, 0.3) is 0 Å². The maximum absolute atomic E-state index is 12.1. The molecule has 1 heterocycles. The maximum atomic E-state index is 12.1. The average Bonchev–Trinajstić information content (AvgIpc) is 3.06. The molecule has 1 amide bonds. The molecule has 1 aromatic heterocycles. The van der Waals surface area contributed by atoms with Crippen LogP contribution in [0.3, 0.4) is 0 Å². The van der Waals surface area contributed by atoms with Gasteiger partial charge in [-0.2, -0.15) is 0 Å². The van der Waals surface area contributed by atoms with E-state index >= 15 is 0 Å². The Morgan fingerprint density at radius 3 is 2.59 bits per heavy atom. The van der Waals surface area contributed by atoms with E-state index in [1.54, 1.807) is 21.1 Å². The first-order chi connectivity index (χ1) is 13.0. The topological polar surface area (TPSA) is 99.9 Å². The lowest BCUT2D eigenvalue weighted by Crippen LogP contribution is -2.30. The van der Waals surface area contributed by atoms with Crippen LogP contribution in [-0.4, -0.2) is 44.4 Å². The first-order valence-electron chi connectivity index (χ1n) is 8.60. The number of ether oxygens (including phenoxy) is 3. The molecule has 0 spiro atoms. The molecule has 0 atom stereocenters. The number of nitrogens with one attached hydrogen (secondary N) is 1. The minimum Gasteiger partial charge on any atom is -0.493 e. The van der Waals surface area contributed by atoms with E-state index in [2.05, 4.69) is 10.5 Å². The maximum Gasteiger partial charge on any atom is 0.344 e. The molecule has 0 saturated carbocycles. The number of carbonyl (C=O) groups excluding carboxylic acids is 2. The monoisotopic (exact) mass is 376 g/mol. The van der Waals surface area contributed by atoms with Gasteiger partial charge in [0.2, 0.25) is 0 Å². The molecule has 2 rings (SSSR count). The fraction of sp³-hybridized carbons (Fsp3) is 0.421. The van der Waals surface area contributed by atoms with E-state index in [1.807, 2.05) is 25.1 Å². The van der Waals surface area contributed by atoms with Crippen LogP contribution >= 0.6 is 0 Å². The summed E-state index contributed by atoms with van der Waals surface area (Å²) in [6, 6.07) is 5.56. The van der Waals surface area contributed by atoms with Gasteiger partial charge >= 0.3 is 5.97 Å². The van der Waals surface area contributed by atoms with Crippen LogP contribution in [0.15, 0.2) is 22.7 Å². The van der Waals surface area contributed by atoms with Crippen molar-refractivity contribution < 1.29 is 28.3 Å². The molecular formula is C19H24N2O6. The van der Waals surface area contributed by atoms with Gasteiger partial charge in [0, 0.05) is 6.54 Å². The van der Waals surface area contributed by atoms with Crippen LogP contribution in [0, 0.1) is 6.92 Å². The number of rotatable bonds is 9. The van der Waals surface area contributed by atoms with Crippen LogP contribution in [0.5, 0.6) is 11.5 Å². The fourth-order valence-corrected chi connectivity index (χ4v) is 2.56. The zero-order chi connectivity index (χ0) is 19.8. The quantitative estimate of drug-likeness (QED) is 0.669. The number of methoxy groups -OCH3 is 2. The molecule has 0 fully saturated rings. The largest absolute Gasteiger partial charge is 0.493 e. The number of carbonyl (C=O) groups is 2. The third kappa shape index (κ3) is 5.22. The molecule has 2 aromatic rings. The van der Waals surface area contributed by atoms with Gasteiger partial charge in [0.05, 0.1) is 19.9 Å². The Hall–Kier alpha value is -3.03. The van der Waals surface area contributed by atoms with E-state index < -0.39 is 5.97 Å². The van der Waals surface area contributed by atoms with Crippen LogP contribution in [0.2, 0.25) is 0 Å². The van der Waals surface area contributed by atoms with Crippen molar-refractivity contribution >= 4 is 11.9 Å². The Morgan fingerprint density at radius 2 is 1.93 bits per heavy atom. The molecule has 0 aliphatic heterocycles. The number of hydrogen-bond donors (Lipinski definition) is 1. The summed E-state index contributed by atoms with van der Waals surface area (Å²) < 4.78 is 20.5. The molecule has 146 valence electrons. The van der Waals surface area contributed by atoms with E-state index in [1.165, 1.54) is 0 Å². The SMILES string of the molecule is CCc1noc(C)c1C(=O)OCC(=O)NCCc1ccc(OC)c(OC)c1. The van der Waals surface area contributed by atoms with E-state index in [0.717, 1.165) is 5.56 Å². The van der Waals surface area contributed by atoms with Crippen molar-refractivity contribution in [1.82, 2.24) is 10.5 Å². The van der Waals surface area contributed by atoms with Crippen molar-refractivity contribution in [3.8, 4) is 11.5 Å². The second-order valence-electron chi connectivity index (χ2n) is 5.78. The Bertz CT molecular complexity index is 799. The first-order valence-corrected chi connectivity index (χ1v) is 8.60. The van der Waals surface area contributed by atoms with Crippen molar-refractivity contribution in [2.24, 2.45) is 0 Å². The summed E-state index contributed by atoms with van der Waals surface area (Å²) in [5.41, 5.74) is 1.79. The number of aryl methyl sites for hydroxylation is 2. The summed E-state index contributed by atoms with van der Waals surface area (Å²) >= 11 is 0. The lowest BCUT2D eigenvalue weighted by Gasteiger charge is -2.10. The van der Waals surface area contributed by atoms with Gasteiger partial charge in [0.25, 0.3) is 5.91 Å². The summed E-state index contributed by atoms with van der Waals surface area (Å²) in [4.78, 5) is 24.0. The zero-order valence-electron chi connectivity index (χ0n) is 16.0. The zero-order valence-corrected chi connectivity index (χ0v) is 16.0. The molecule has 8 heteroatoms. The molecule has 1 aromatic carbocycles. The van der Waals surface area contributed by atoms with E-state index in [4.69, 9.17) is 18.7 Å². The number of benzene rings is 1. The number of esters is 1. The lowest BCUT2D eigenvalue weighted by molar-refractivity contribution is -0.124. The Labute approximate surface area is 157 Å². The normalized spacial score (nSPS) is 10.4. The van der Waals surface area contributed by atoms with E-state index in [0.29, 0.717) is 42.3 Å². The highest BCUT2D eigenvalue weighted by Crippen LogP contribution is 2.27. The van der Waals surface area contributed by atoms with Crippen LogP contribution < -0.4 is 14.8 Å². The molecule has 0 unspecified atom stereocenters. The van der Waals surface area contributed by atoms with Gasteiger partial charge in [-0.15, -0.1) is 0 Å². The average molecular weight is 376 g/mol. The smallest absolute Gasteiger partial charge is 0.344 e. The Balaban J connectivity index is 1.80. The second-order valence-corrected chi connectivity index (χ2v) is 5.78. The number of amides is 1. The van der Waals surface area contributed by atoms with Gasteiger partial charge < -0.3 is 24.1 Å².